The highest BCUT2D eigenvalue weighted by Crippen LogP contribution is 2.08. The van der Waals surface area contributed by atoms with Gasteiger partial charge in [-0.2, -0.15) is 0 Å². The lowest BCUT2D eigenvalue weighted by Gasteiger charge is -2.10. The SMILES string of the molecule is CCCCCNC(=S)NCc1ccc(Cl)cc1. The van der Waals surface area contributed by atoms with Crippen LogP contribution in [0, 0.1) is 0 Å². The number of unbranched alkanes of at least 4 members (excludes halogenated alkanes) is 2. The molecular formula is C13H19ClN2S. The Bertz CT molecular complexity index is 338. The molecule has 4 heteroatoms. The van der Waals surface area contributed by atoms with Crippen molar-refractivity contribution in [3.05, 3.63) is 34.9 Å². The first-order valence-electron chi connectivity index (χ1n) is 5.98. The normalized spacial score (nSPS) is 10.0. The van der Waals surface area contributed by atoms with E-state index in [1.165, 1.54) is 24.8 Å². The van der Waals surface area contributed by atoms with Crippen molar-refractivity contribution in [2.45, 2.75) is 32.7 Å². The standard InChI is InChI=1S/C13H19ClN2S/c1-2-3-4-9-15-13(17)16-10-11-5-7-12(14)8-6-11/h5-8H,2-4,9-10H2,1H3,(H2,15,16,17). The van der Waals surface area contributed by atoms with E-state index in [4.69, 9.17) is 23.8 Å². The highest BCUT2D eigenvalue weighted by Gasteiger charge is 1.96. The van der Waals surface area contributed by atoms with Gasteiger partial charge in [0.15, 0.2) is 5.11 Å². The fourth-order valence-corrected chi connectivity index (χ4v) is 1.72. The van der Waals surface area contributed by atoms with Crippen LogP contribution in [0.5, 0.6) is 0 Å². The molecule has 1 aromatic rings. The Hall–Kier alpha value is -0.800. The maximum absolute atomic E-state index is 5.81. The van der Waals surface area contributed by atoms with Crippen LogP contribution in [0.3, 0.4) is 0 Å². The number of hydrogen-bond acceptors (Lipinski definition) is 1. The zero-order valence-electron chi connectivity index (χ0n) is 10.1. The molecule has 0 aliphatic heterocycles. The maximum Gasteiger partial charge on any atom is 0.166 e. The Morgan fingerprint density at radius 3 is 2.53 bits per heavy atom. The van der Waals surface area contributed by atoms with Gasteiger partial charge in [0, 0.05) is 18.1 Å². The molecule has 2 N–H and O–H groups in total. The molecule has 0 amide bonds. The highest BCUT2D eigenvalue weighted by atomic mass is 35.5. The third-order valence-corrected chi connectivity index (χ3v) is 2.97. The van der Waals surface area contributed by atoms with Gasteiger partial charge in [0.1, 0.15) is 0 Å². The predicted molar refractivity (Wildman–Crippen MR) is 78.4 cm³/mol. The lowest BCUT2D eigenvalue weighted by atomic mass is 10.2. The molecule has 0 saturated carbocycles. The second-order valence-corrected chi connectivity index (χ2v) is 4.79. The van der Waals surface area contributed by atoms with Gasteiger partial charge in [-0.25, -0.2) is 0 Å². The first-order chi connectivity index (χ1) is 8.22. The monoisotopic (exact) mass is 270 g/mol. The second kappa shape index (κ2) is 8.31. The van der Waals surface area contributed by atoms with E-state index in [0.29, 0.717) is 0 Å². The van der Waals surface area contributed by atoms with Crippen molar-refractivity contribution in [1.29, 1.82) is 0 Å². The average Bonchev–Trinajstić information content (AvgIpc) is 2.34. The van der Waals surface area contributed by atoms with Crippen LogP contribution in [0.2, 0.25) is 5.02 Å². The van der Waals surface area contributed by atoms with Crippen LogP contribution in [0.15, 0.2) is 24.3 Å². The van der Waals surface area contributed by atoms with Crippen LogP contribution in [0.1, 0.15) is 31.7 Å². The van der Waals surface area contributed by atoms with Crippen LogP contribution in [-0.2, 0) is 6.54 Å². The summed E-state index contributed by atoms with van der Waals surface area (Å²) in [7, 11) is 0. The van der Waals surface area contributed by atoms with E-state index >= 15 is 0 Å². The van der Waals surface area contributed by atoms with Gasteiger partial charge in [-0.15, -0.1) is 0 Å². The zero-order chi connectivity index (χ0) is 12.5. The Labute approximate surface area is 114 Å². The third kappa shape index (κ3) is 6.49. The Balaban J connectivity index is 2.17. The zero-order valence-corrected chi connectivity index (χ0v) is 11.7. The number of thiocarbonyl (C=S) groups is 1. The fraction of sp³-hybridized carbons (Fsp3) is 0.462. The molecule has 94 valence electrons. The smallest absolute Gasteiger partial charge is 0.166 e. The quantitative estimate of drug-likeness (QED) is 0.611. The summed E-state index contributed by atoms with van der Waals surface area (Å²) in [6.45, 7) is 3.87. The number of hydrogen-bond donors (Lipinski definition) is 2. The molecule has 17 heavy (non-hydrogen) atoms. The minimum atomic E-state index is 0.719. The molecule has 0 heterocycles. The Morgan fingerprint density at radius 1 is 1.18 bits per heavy atom. The molecule has 0 radical (unpaired) electrons. The van der Waals surface area contributed by atoms with Crippen LogP contribution < -0.4 is 10.6 Å². The summed E-state index contributed by atoms with van der Waals surface area (Å²) >= 11 is 11.0. The van der Waals surface area contributed by atoms with E-state index in [-0.39, 0.29) is 0 Å². The molecule has 0 aliphatic carbocycles. The topological polar surface area (TPSA) is 24.1 Å². The second-order valence-electron chi connectivity index (χ2n) is 3.94. The highest BCUT2D eigenvalue weighted by molar-refractivity contribution is 7.80. The molecule has 0 atom stereocenters. The van der Waals surface area contributed by atoms with E-state index in [1.807, 2.05) is 24.3 Å². The van der Waals surface area contributed by atoms with Crippen LogP contribution >= 0.6 is 23.8 Å². The average molecular weight is 271 g/mol. The summed E-state index contributed by atoms with van der Waals surface area (Å²) in [6.07, 6.45) is 3.64. The van der Waals surface area contributed by atoms with Crippen molar-refractivity contribution < 1.29 is 0 Å². The Kier molecular flexibility index (Phi) is 6.97. The van der Waals surface area contributed by atoms with Gasteiger partial charge in [0.05, 0.1) is 0 Å². The van der Waals surface area contributed by atoms with Crippen LogP contribution in [0.25, 0.3) is 0 Å². The van der Waals surface area contributed by atoms with Gasteiger partial charge in [0.25, 0.3) is 0 Å². The molecule has 1 aromatic carbocycles. The van der Waals surface area contributed by atoms with Crippen molar-refractivity contribution in [1.82, 2.24) is 10.6 Å². The van der Waals surface area contributed by atoms with Crippen molar-refractivity contribution in [2.75, 3.05) is 6.54 Å². The Morgan fingerprint density at radius 2 is 1.88 bits per heavy atom. The third-order valence-electron chi connectivity index (χ3n) is 2.43. The number of nitrogens with one attached hydrogen (secondary N) is 2. The summed E-state index contributed by atoms with van der Waals surface area (Å²) < 4.78 is 0. The van der Waals surface area contributed by atoms with Gasteiger partial charge in [-0.1, -0.05) is 43.5 Å². The van der Waals surface area contributed by atoms with Gasteiger partial charge in [-0.3, -0.25) is 0 Å². The summed E-state index contributed by atoms with van der Waals surface area (Å²) in [5.74, 6) is 0. The maximum atomic E-state index is 5.81. The molecule has 0 spiro atoms. The number of benzene rings is 1. The fourth-order valence-electron chi connectivity index (χ4n) is 1.42. The van der Waals surface area contributed by atoms with E-state index in [0.717, 1.165) is 23.2 Å². The van der Waals surface area contributed by atoms with Crippen molar-refractivity contribution in [3.8, 4) is 0 Å². The molecule has 0 aliphatic rings. The summed E-state index contributed by atoms with van der Waals surface area (Å²) in [6, 6.07) is 7.76. The molecular weight excluding hydrogens is 252 g/mol. The lowest BCUT2D eigenvalue weighted by Crippen LogP contribution is -2.35. The minimum absolute atomic E-state index is 0.719. The molecule has 0 aromatic heterocycles. The minimum Gasteiger partial charge on any atom is -0.363 e. The van der Waals surface area contributed by atoms with Crippen LogP contribution in [0.4, 0.5) is 0 Å². The molecule has 0 bridgehead atoms. The first-order valence-corrected chi connectivity index (χ1v) is 6.77. The van der Waals surface area contributed by atoms with E-state index in [1.54, 1.807) is 0 Å². The summed E-state index contributed by atoms with van der Waals surface area (Å²) in [5.41, 5.74) is 1.17. The van der Waals surface area contributed by atoms with Crippen molar-refractivity contribution in [3.63, 3.8) is 0 Å². The molecule has 0 unspecified atom stereocenters. The molecule has 0 fully saturated rings. The van der Waals surface area contributed by atoms with Gasteiger partial charge in [0.2, 0.25) is 0 Å². The largest absolute Gasteiger partial charge is 0.363 e. The lowest BCUT2D eigenvalue weighted by molar-refractivity contribution is 0.688. The van der Waals surface area contributed by atoms with Crippen molar-refractivity contribution >= 4 is 28.9 Å². The van der Waals surface area contributed by atoms with Gasteiger partial charge < -0.3 is 10.6 Å². The van der Waals surface area contributed by atoms with E-state index in [2.05, 4.69) is 17.6 Å². The van der Waals surface area contributed by atoms with E-state index in [9.17, 15) is 0 Å². The van der Waals surface area contributed by atoms with E-state index < -0.39 is 0 Å². The molecule has 2 nitrogen and oxygen atoms in total. The summed E-state index contributed by atoms with van der Waals surface area (Å²) in [4.78, 5) is 0. The van der Waals surface area contributed by atoms with Crippen molar-refractivity contribution in [2.24, 2.45) is 0 Å². The van der Waals surface area contributed by atoms with Gasteiger partial charge in [-0.05, 0) is 36.3 Å². The predicted octanol–water partition coefficient (Wildman–Crippen LogP) is 3.49. The molecule has 1 rings (SSSR count). The first kappa shape index (κ1) is 14.3. The molecule has 0 saturated heterocycles. The number of rotatable bonds is 6. The van der Waals surface area contributed by atoms with Crippen LogP contribution in [-0.4, -0.2) is 11.7 Å². The summed E-state index contributed by atoms with van der Waals surface area (Å²) in [5, 5.41) is 7.84. The number of halogens is 1. The van der Waals surface area contributed by atoms with Gasteiger partial charge >= 0.3 is 0 Å².